The number of fused-ring (bicyclic) bond motifs is 1. The molecule has 0 spiro atoms. The molecule has 0 aliphatic carbocycles. The molecule has 3 rings (SSSR count). The fourth-order valence-electron chi connectivity index (χ4n) is 1.99. The second-order valence-corrected chi connectivity index (χ2v) is 4.49. The second-order valence-electron chi connectivity index (χ2n) is 4.49. The van der Waals surface area contributed by atoms with Crippen molar-refractivity contribution in [1.82, 2.24) is 19.7 Å². The van der Waals surface area contributed by atoms with Crippen molar-refractivity contribution in [2.24, 2.45) is 7.05 Å². The number of anilines is 1. The first-order valence-electron chi connectivity index (χ1n) is 6.16. The molecule has 0 atom stereocenters. The Hall–Kier alpha value is -2.43. The molecule has 19 heavy (non-hydrogen) atoms. The largest absolute Gasteiger partial charge is 0.381 e. The minimum Gasteiger partial charge on any atom is -0.381 e. The molecule has 0 bridgehead atoms. The number of benzene rings is 1. The lowest BCUT2D eigenvalue weighted by Gasteiger charge is -2.06. The van der Waals surface area contributed by atoms with Crippen molar-refractivity contribution in [2.45, 2.75) is 13.5 Å². The Morgan fingerprint density at radius 1 is 1.16 bits per heavy atom. The highest BCUT2D eigenvalue weighted by Gasteiger charge is 2.03. The van der Waals surface area contributed by atoms with E-state index in [4.69, 9.17) is 0 Å². The van der Waals surface area contributed by atoms with Crippen LogP contribution in [0, 0.1) is 6.92 Å². The molecule has 0 fully saturated rings. The molecular formula is C14H15N5. The van der Waals surface area contributed by atoms with Gasteiger partial charge in [0.2, 0.25) is 0 Å². The molecule has 0 aliphatic rings. The first kappa shape index (κ1) is 11.6. The second kappa shape index (κ2) is 4.68. The van der Waals surface area contributed by atoms with Crippen molar-refractivity contribution in [3.05, 3.63) is 48.0 Å². The van der Waals surface area contributed by atoms with E-state index in [0.717, 1.165) is 23.3 Å². The smallest absolute Gasteiger partial charge is 0.0907 e. The van der Waals surface area contributed by atoms with Gasteiger partial charge in [0.05, 0.1) is 17.2 Å². The molecule has 5 heteroatoms. The first-order valence-corrected chi connectivity index (χ1v) is 6.16. The number of rotatable bonds is 3. The summed E-state index contributed by atoms with van der Waals surface area (Å²) in [5.41, 5.74) is 5.21. The van der Waals surface area contributed by atoms with E-state index in [2.05, 4.69) is 27.3 Å². The van der Waals surface area contributed by atoms with Gasteiger partial charge in [0.25, 0.3) is 0 Å². The molecule has 3 aromatic rings. The van der Waals surface area contributed by atoms with Crippen LogP contribution in [0.1, 0.15) is 11.3 Å². The Morgan fingerprint density at radius 3 is 2.68 bits per heavy atom. The molecule has 0 aliphatic heterocycles. The zero-order chi connectivity index (χ0) is 13.2. The third kappa shape index (κ3) is 2.27. The molecule has 2 heterocycles. The normalized spacial score (nSPS) is 10.8. The van der Waals surface area contributed by atoms with Crippen molar-refractivity contribution in [2.75, 3.05) is 5.32 Å². The van der Waals surface area contributed by atoms with Crippen LogP contribution in [-0.2, 0) is 13.6 Å². The Kier molecular flexibility index (Phi) is 2.87. The highest BCUT2D eigenvalue weighted by atomic mass is 15.3. The van der Waals surface area contributed by atoms with Crippen LogP contribution in [0.2, 0.25) is 0 Å². The Morgan fingerprint density at radius 2 is 1.95 bits per heavy atom. The molecule has 1 aromatic carbocycles. The summed E-state index contributed by atoms with van der Waals surface area (Å²) in [5.74, 6) is 0. The third-order valence-electron chi connectivity index (χ3n) is 3.29. The molecule has 5 nitrogen and oxygen atoms in total. The summed E-state index contributed by atoms with van der Waals surface area (Å²) in [7, 11) is 1.95. The van der Waals surface area contributed by atoms with Gasteiger partial charge in [-0.05, 0) is 25.1 Å². The van der Waals surface area contributed by atoms with Crippen LogP contribution in [0.15, 0.2) is 36.8 Å². The lowest BCUT2D eigenvalue weighted by atomic mass is 10.2. The lowest BCUT2D eigenvalue weighted by molar-refractivity contribution is 0.738. The number of nitrogens with zero attached hydrogens (tertiary/aromatic N) is 4. The fraction of sp³-hybridized carbons (Fsp3) is 0.214. The van der Waals surface area contributed by atoms with Gasteiger partial charge in [-0.15, -0.1) is 0 Å². The minimum atomic E-state index is 0.755. The summed E-state index contributed by atoms with van der Waals surface area (Å²) in [5, 5.41) is 7.62. The van der Waals surface area contributed by atoms with Gasteiger partial charge in [-0.25, -0.2) is 0 Å². The van der Waals surface area contributed by atoms with Gasteiger partial charge in [-0.3, -0.25) is 14.6 Å². The summed E-state index contributed by atoms with van der Waals surface area (Å²) in [4.78, 5) is 8.55. The standard InChI is InChI=1S/C14H15N5/c1-10-11(9-18-19(10)2)8-17-12-3-4-13-14(7-12)16-6-5-15-13/h3-7,9,17H,8H2,1-2H3. The van der Waals surface area contributed by atoms with Crippen molar-refractivity contribution in [1.29, 1.82) is 0 Å². The van der Waals surface area contributed by atoms with Crippen molar-refractivity contribution in [3.8, 4) is 0 Å². The topological polar surface area (TPSA) is 55.6 Å². The molecule has 1 N–H and O–H groups in total. The number of hydrogen-bond acceptors (Lipinski definition) is 4. The fourth-order valence-corrected chi connectivity index (χ4v) is 1.99. The van der Waals surface area contributed by atoms with Crippen molar-refractivity contribution >= 4 is 16.7 Å². The molecule has 0 saturated heterocycles. The van der Waals surface area contributed by atoms with Crippen LogP contribution in [0.5, 0.6) is 0 Å². The maximum absolute atomic E-state index is 4.30. The van der Waals surface area contributed by atoms with E-state index in [-0.39, 0.29) is 0 Å². The van der Waals surface area contributed by atoms with Gasteiger partial charge < -0.3 is 5.32 Å². The van der Waals surface area contributed by atoms with Crippen LogP contribution in [0.4, 0.5) is 5.69 Å². The average molecular weight is 253 g/mol. The summed E-state index contributed by atoms with van der Waals surface area (Å²) in [6.07, 6.45) is 5.30. The van der Waals surface area contributed by atoms with E-state index < -0.39 is 0 Å². The third-order valence-corrected chi connectivity index (χ3v) is 3.29. The molecule has 96 valence electrons. The number of aromatic nitrogens is 4. The van der Waals surface area contributed by atoms with Crippen LogP contribution < -0.4 is 5.32 Å². The molecule has 0 unspecified atom stereocenters. The maximum atomic E-state index is 4.30. The number of aryl methyl sites for hydroxylation is 1. The van der Waals surface area contributed by atoms with Crippen LogP contribution >= 0.6 is 0 Å². The van der Waals surface area contributed by atoms with E-state index >= 15 is 0 Å². The SMILES string of the molecule is Cc1c(CNc2ccc3nccnc3c2)cnn1C. The van der Waals surface area contributed by atoms with E-state index in [1.54, 1.807) is 12.4 Å². The highest BCUT2D eigenvalue weighted by molar-refractivity contribution is 5.78. The monoisotopic (exact) mass is 253 g/mol. The molecule has 0 radical (unpaired) electrons. The van der Waals surface area contributed by atoms with E-state index in [1.165, 1.54) is 11.3 Å². The minimum absolute atomic E-state index is 0.755. The Bertz CT molecular complexity index is 717. The molecule has 0 amide bonds. The summed E-state index contributed by atoms with van der Waals surface area (Å²) >= 11 is 0. The van der Waals surface area contributed by atoms with Gasteiger partial charge in [0, 0.05) is 42.9 Å². The van der Waals surface area contributed by atoms with Gasteiger partial charge in [-0.2, -0.15) is 5.10 Å². The number of nitrogens with one attached hydrogen (secondary N) is 1. The van der Waals surface area contributed by atoms with Gasteiger partial charge in [-0.1, -0.05) is 0 Å². The Labute approximate surface area is 111 Å². The number of hydrogen-bond donors (Lipinski definition) is 1. The average Bonchev–Trinajstić information content (AvgIpc) is 2.76. The van der Waals surface area contributed by atoms with Crippen molar-refractivity contribution in [3.63, 3.8) is 0 Å². The maximum Gasteiger partial charge on any atom is 0.0907 e. The van der Waals surface area contributed by atoms with Crippen LogP contribution in [0.3, 0.4) is 0 Å². The van der Waals surface area contributed by atoms with E-state index in [0.29, 0.717) is 0 Å². The van der Waals surface area contributed by atoms with Crippen molar-refractivity contribution < 1.29 is 0 Å². The highest BCUT2D eigenvalue weighted by Crippen LogP contribution is 2.16. The van der Waals surface area contributed by atoms with E-state index in [9.17, 15) is 0 Å². The predicted molar refractivity (Wildman–Crippen MR) is 74.8 cm³/mol. The van der Waals surface area contributed by atoms with Gasteiger partial charge >= 0.3 is 0 Å². The predicted octanol–water partition coefficient (Wildman–Crippen LogP) is 2.28. The zero-order valence-electron chi connectivity index (χ0n) is 11.0. The lowest BCUT2D eigenvalue weighted by Crippen LogP contribution is -2.01. The molecule has 0 saturated carbocycles. The molecular weight excluding hydrogens is 238 g/mol. The summed E-state index contributed by atoms with van der Waals surface area (Å²) in [6, 6.07) is 6.00. The summed E-state index contributed by atoms with van der Waals surface area (Å²) < 4.78 is 1.88. The van der Waals surface area contributed by atoms with Crippen LogP contribution in [-0.4, -0.2) is 19.7 Å². The van der Waals surface area contributed by atoms with Gasteiger partial charge in [0.1, 0.15) is 0 Å². The summed E-state index contributed by atoms with van der Waals surface area (Å²) in [6.45, 7) is 2.82. The first-order chi connectivity index (χ1) is 9.24. The quantitative estimate of drug-likeness (QED) is 0.778. The Balaban J connectivity index is 1.80. The zero-order valence-corrected chi connectivity index (χ0v) is 11.0. The van der Waals surface area contributed by atoms with E-state index in [1.807, 2.05) is 36.1 Å². The molecule has 2 aromatic heterocycles. The van der Waals surface area contributed by atoms with Crippen LogP contribution in [0.25, 0.3) is 11.0 Å². The van der Waals surface area contributed by atoms with Gasteiger partial charge in [0.15, 0.2) is 0 Å².